The molecule has 86 valence electrons. The number of rotatable bonds is 2. The highest BCUT2D eigenvalue weighted by Gasteiger charge is 2.14. The second kappa shape index (κ2) is 4.61. The average Bonchev–Trinajstić information content (AvgIpc) is 2.20. The van der Waals surface area contributed by atoms with E-state index in [0.717, 1.165) is 12.1 Å². The van der Waals surface area contributed by atoms with Crippen LogP contribution in [0.5, 0.6) is 0 Å². The van der Waals surface area contributed by atoms with Crippen LogP contribution < -0.4 is 5.32 Å². The summed E-state index contributed by atoms with van der Waals surface area (Å²) in [5.74, 6) is -1.96. The summed E-state index contributed by atoms with van der Waals surface area (Å²) in [7, 11) is 3.03. The Bertz CT molecular complexity index is 432. The van der Waals surface area contributed by atoms with Gasteiger partial charge in [0.2, 0.25) is 0 Å². The molecule has 0 spiro atoms. The fourth-order valence-electron chi connectivity index (χ4n) is 1.03. The van der Waals surface area contributed by atoms with E-state index in [2.05, 4.69) is 5.32 Å². The average molecular weight is 226 g/mol. The van der Waals surface area contributed by atoms with Gasteiger partial charge in [0, 0.05) is 14.1 Å². The third kappa shape index (κ3) is 2.69. The van der Waals surface area contributed by atoms with Crippen molar-refractivity contribution in [1.82, 2.24) is 4.90 Å². The Morgan fingerprint density at radius 3 is 2.50 bits per heavy atom. The molecule has 0 aliphatic heterocycles. The normalized spacial score (nSPS) is 9.69. The van der Waals surface area contributed by atoms with Crippen molar-refractivity contribution >= 4 is 17.7 Å². The lowest BCUT2D eigenvalue weighted by atomic mass is 10.2. The lowest BCUT2D eigenvalue weighted by Gasteiger charge is -2.13. The Balaban J connectivity index is 3.04. The van der Waals surface area contributed by atoms with E-state index in [1.54, 1.807) is 0 Å². The quantitative estimate of drug-likeness (QED) is 0.805. The lowest BCUT2D eigenvalue weighted by Crippen LogP contribution is -2.28. The van der Waals surface area contributed by atoms with Crippen LogP contribution in [0, 0.1) is 5.82 Å². The molecule has 0 radical (unpaired) electrons. The zero-order valence-corrected chi connectivity index (χ0v) is 8.82. The maximum absolute atomic E-state index is 12.8. The van der Waals surface area contributed by atoms with E-state index < -0.39 is 17.8 Å². The minimum Gasteiger partial charge on any atom is -0.478 e. The van der Waals surface area contributed by atoms with Gasteiger partial charge in [-0.2, -0.15) is 0 Å². The van der Waals surface area contributed by atoms with Gasteiger partial charge in [0.15, 0.2) is 0 Å². The van der Waals surface area contributed by atoms with E-state index in [4.69, 9.17) is 5.11 Å². The second-order valence-electron chi connectivity index (χ2n) is 3.32. The Labute approximate surface area is 91.5 Å². The van der Waals surface area contributed by atoms with Gasteiger partial charge in [0.25, 0.3) is 0 Å². The third-order valence-electron chi connectivity index (χ3n) is 1.86. The highest BCUT2D eigenvalue weighted by Crippen LogP contribution is 2.17. The maximum atomic E-state index is 12.8. The molecule has 1 aromatic rings. The number of carboxylic acids is 1. The highest BCUT2D eigenvalue weighted by molar-refractivity contribution is 5.99. The SMILES string of the molecule is CN(C)C(=O)Nc1ccc(F)cc1C(=O)O. The Morgan fingerprint density at radius 1 is 1.38 bits per heavy atom. The zero-order valence-electron chi connectivity index (χ0n) is 8.82. The van der Waals surface area contributed by atoms with Crippen molar-refractivity contribution in [3.05, 3.63) is 29.6 Å². The molecule has 0 aliphatic rings. The van der Waals surface area contributed by atoms with Crippen LogP contribution in [-0.4, -0.2) is 36.1 Å². The summed E-state index contributed by atoms with van der Waals surface area (Å²) in [6.45, 7) is 0. The number of halogens is 1. The van der Waals surface area contributed by atoms with Crippen molar-refractivity contribution in [2.24, 2.45) is 0 Å². The standard InChI is InChI=1S/C10H11FN2O3/c1-13(2)10(16)12-8-4-3-6(11)5-7(8)9(14)15/h3-5H,1-2H3,(H,12,16)(H,14,15). The molecule has 0 saturated heterocycles. The smallest absolute Gasteiger partial charge is 0.337 e. The van der Waals surface area contributed by atoms with Crippen LogP contribution in [0.1, 0.15) is 10.4 Å². The molecule has 0 heterocycles. The van der Waals surface area contributed by atoms with Gasteiger partial charge in [-0.15, -0.1) is 0 Å². The molecule has 5 nitrogen and oxygen atoms in total. The number of benzene rings is 1. The van der Waals surface area contributed by atoms with Gasteiger partial charge in [-0.25, -0.2) is 14.0 Å². The van der Waals surface area contributed by atoms with Gasteiger partial charge >= 0.3 is 12.0 Å². The first-order valence-electron chi connectivity index (χ1n) is 4.43. The number of urea groups is 1. The monoisotopic (exact) mass is 226 g/mol. The van der Waals surface area contributed by atoms with Gasteiger partial charge < -0.3 is 15.3 Å². The predicted molar refractivity (Wildman–Crippen MR) is 56.1 cm³/mol. The van der Waals surface area contributed by atoms with E-state index in [1.165, 1.54) is 25.1 Å². The maximum Gasteiger partial charge on any atom is 0.337 e. The van der Waals surface area contributed by atoms with Crippen LogP contribution >= 0.6 is 0 Å². The summed E-state index contributed by atoms with van der Waals surface area (Å²) in [6.07, 6.45) is 0. The lowest BCUT2D eigenvalue weighted by molar-refractivity contribution is 0.0697. The number of amides is 2. The van der Waals surface area contributed by atoms with Crippen LogP contribution in [0.25, 0.3) is 0 Å². The van der Waals surface area contributed by atoms with E-state index in [0.29, 0.717) is 0 Å². The van der Waals surface area contributed by atoms with Gasteiger partial charge in [-0.3, -0.25) is 0 Å². The Hall–Kier alpha value is -2.11. The topological polar surface area (TPSA) is 69.6 Å². The molecule has 6 heteroatoms. The van der Waals surface area contributed by atoms with Crippen molar-refractivity contribution in [1.29, 1.82) is 0 Å². The van der Waals surface area contributed by atoms with Gasteiger partial charge in [-0.05, 0) is 18.2 Å². The van der Waals surface area contributed by atoms with Crippen molar-refractivity contribution < 1.29 is 19.1 Å². The van der Waals surface area contributed by atoms with E-state index in [9.17, 15) is 14.0 Å². The molecule has 2 N–H and O–H groups in total. The zero-order chi connectivity index (χ0) is 12.3. The first-order chi connectivity index (χ1) is 7.41. The minimum absolute atomic E-state index is 0.0626. The Morgan fingerprint density at radius 2 is 2.00 bits per heavy atom. The van der Waals surface area contributed by atoms with Crippen LogP contribution in [0.3, 0.4) is 0 Å². The predicted octanol–water partition coefficient (Wildman–Crippen LogP) is 1.62. The molecule has 0 atom stereocenters. The third-order valence-corrected chi connectivity index (χ3v) is 1.86. The number of nitrogens with one attached hydrogen (secondary N) is 1. The molecular weight excluding hydrogens is 215 g/mol. The van der Waals surface area contributed by atoms with Crippen LogP contribution in [0.4, 0.5) is 14.9 Å². The van der Waals surface area contributed by atoms with Crippen molar-refractivity contribution in [3.63, 3.8) is 0 Å². The van der Waals surface area contributed by atoms with Crippen molar-refractivity contribution in [2.75, 3.05) is 19.4 Å². The molecule has 1 aromatic carbocycles. The summed E-state index contributed by atoms with van der Waals surface area (Å²) in [5, 5.41) is 11.2. The molecule has 0 fully saturated rings. The number of anilines is 1. The fraction of sp³-hybridized carbons (Fsp3) is 0.200. The summed E-state index contributed by atoms with van der Waals surface area (Å²) < 4.78 is 12.8. The van der Waals surface area contributed by atoms with Gasteiger partial charge in [0.05, 0.1) is 11.3 Å². The molecule has 0 unspecified atom stereocenters. The molecular formula is C10H11FN2O3. The number of nitrogens with zero attached hydrogens (tertiary/aromatic N) is 1. The summed E-state index contributed by atoms with van der Waals surface area (Å²) in [4.78, 5) is 23.3. The highest BCUT2D eigenvalue weighted by atomic mass is 19.1. The molecule has 0 aromatic heterocycles. The number of carboxylic acid groups (broad SMARTS) is 1. The largest absolute Gasteiger partial charge is 0.478 e. The van der Waals surface area contributed by atoms with E-state index in [-0.39, 0.29) is 11.3 Å². The number of carbonyl (C=O) groups is 2. The number of carbonyl (C=O) groups excluding carboxylic acids is 1. The van der Waals surface area contributed by atoms with Gasteiger partial charge in [-0.1, -0.05) is 0 Å². The first-order valence-corrected chi connectivity index (χ1v) is 4.43. The summed E-state index contributed by atoms with van der Waals surface area (Å²) in [6, 6.07) is 2.67. The molecule has 0 aliphatic carbocycles. The molecule has 1 rings (SSSR count). The minimum atomic E-state index is -1.30. The molecule has 16 heavy (non-hydrogen) atoms. The van der Waals surface area contributed by atoms with Crippen LogP contribution in [-0.2, 0) is 0 Å². The van der Waals surface area contributed by atoms with Crippen LogP contribution in [0.2, 0.25) is 0 Å². The second-order valence-corrected chi connectivity index (χ2v) is 3.32. The van der Waals surface area contributed by atoms with Crippen LogP contribution in [0.15, 0.2) is 18.2 Å². The number of hydrogen-bond acceptors (Lipinski definition) is 2. The first kappa shape index (κ1) is 12.0. The summed E-state index contributed by atoms with van der Waals surface area (Å²) >= 11 is 0. The molecule has 2 amide bonds. The van der Waals surface area contributed by atoms with Gasteiger partial charge in [0.1, 0.15) is 5.82 Å². The molecule has 0 saturated carbocycles. The van der Waals surface area contributed by atoms with Crippen molar-refractivity contribution in [2.45, 2.75) is 0 Å². The number of hydrogen-bond donors (Lipinski definition) is 2. The summed E-state index contributed by atoms with van der Waals surface area (Å²) in [5.41, 5.74) is -0.220. The van der Waals surface area contributed by atoms with E-state index in [1.807, 2.05) is 0 Å². The van der Waals surface area contributed by atoms with E-state index >= 15 is 0 Å². The fourth-order valence-corrected chi connectivity index (χ4v) is 1.03. The Kier molecular flexibility index (Phi) is 3.44. The number of aromatic carboxylic acids is 1. The van der Waals surface area contributed by atoms with Crippen molar-refractivity contribution in [3.8, 4) is 0 Å². The molecule has 0 bridgehead atoms.